The number of carbonyl (C=O) groups is 2. The highest BCUT2D eigenvalue weighted by molar-refractivity contribution is 6.17. The van der Waals surface area contributed by atoms with Gasteiger partial charge in [0.25, 0.3) is 11.4 Å². The van der Waals surface area contributed by atoms with Crippen molar-refractivity contribution in [2.45, 2.75) is 52.4 Å². The van der Waals surface area contributed by atoms with Crippen molar-refractivity contribution in [2.75, 3.05) is 0 Å². The third-order valence-corrected chi connectivity index (χ3v) is 7.67. The Labute approximate surface area is 293 Å². The van der Waals surface area contributed by atoms with E-state index in [2.05, 4.69) is 5.48 Å². The van der Waals surface area contributed by atoms with Crippen molar-refractivity contribution in [3.63, 3.8) is 0 Å². The van der Waals surface area contributed by atoms with Crippen molar-refractivity contribution in [2.24, 2.45) is 0 Å². The van der Waals surface area contributed by atoms with Crippen LogP contribution in [-0.4, -0.2) is 31.6 Å². The Hall–Kier alpha value is -6.50. The number of phenols is 2. The van der Waals surface area contributed by atoms with Gasteiger partial charge in [-0.1, -0.05) is 26.7 Å². The molecule has 3 N–H and O–H groups in total. The smallest absolute Gasteiger partial charge is 0.270 e. The van der Waals surface area contributed by atoms with Gasteiger partial charge in [0.15, 0.2) is 17.3 Å². The lowest BCUT2D eigenvalue weighted by molar-refractivity contribution is -0.385. The van der Waals surface area contributed by atoms with E-state index in [1.807, 2.05) is 13.8 Å². The van der Waals surface area contributed by atoms with Crippen LogP contribution in [0.25, 0.3) is 11.0 Å². The fourth-order valence-corrected chi connectivity index (χ4v) is 4.92. The minimum atomic E-state index is -0.493. The lowest BCUT2D eigenvalue weighted by Gasteiger charge is -2.11. The lowest BCUT2D eigenvalue weighted by atomic mass is 9.98. The summed E-state index contributed by atoms with van der Waals surface area (Å²) in [5.74, 6) is 0.610. The van der Waals surface area contributed by atoms with Crippen molar-refractivity contribution in [3.05, 3.63) is 145 Å². The quantitative estimate of drug-likeness (QED) is 0.0410. The molecule has 264 valence electrons. The molecule has 0 atom stereocenters. The van der Waals surface area contributed by atoms with Crippen molar-refractivity contribution in [3.8, 4) is 17.2 Å². The molecule has 51 heavy (non-hydrogen) atoms. The number of hydrogen-bond acceptors (Lipinski definition) is 11. The summed E-state index contributed by atoms with van der Waals surface area (Å²) in [5.41, 5.74) is 4.90. The standard InChI is InChI=1S/C19H20N2O5.C19H17NO5/c1-2-3-4-15(13-19(23)14-5-9-17(22)10-6-14)20-26-18-11-7-16(8-12-18)21(24)25;1-2-3-4-17-18(19(22)12-5-8-14(21)9-6-12)15-11-13(20(23)24)7-10-16(15)25-17/h5-13,20,22H,2-4H2,1H3;5-11,21H,2-4H2,1H3. The third kappa shape index (κ3) is 10.2. The lowest BCUT2D eigenvalue weighted by Crippen LogP contribution is -2.19. The number of ketones is 2. The van der Waals surface area contributed by atoms with Gasteiger partial charge in [0.1, 0.15) is 22.8 Å². The van der Waals surface area contributed by atoms with E-state index in [1.54, 1.807) is 12.1 Å². The summed E-state index contributed by atoms with van der Waals surface area (Å²) in [7, 11) is 0. The molecular weight excluding hydrogens is 658 g/mol. The molecule has 4 aromatic carbocycles. The van der Waals surface area contributed by atoms with Gasteiger partial charge in [-0.15, -0.1) is 0 Å². The Morgan fingerprint density at radius 3 is 1.92 bits per heavy atom. The number of nitrogens with one attached hydrogen (secondary N) is 1. The average Bonchev–Trinajstić information content (AvgIpc) is 3.50. The van der Waals surface area contributed by atoms with E-state index in [1.165, 1.54) is 84.9 Å². The van der Waals surface area contributed by atoms with E-state index in [9.17, 15) is 40.0 Å². The molecule has 0 amide bonds. The van der Waals surface area contributed by atoms with Crippen molar-refractivity contribution in [1.29, 1.82) is 0 Å². The molecule has 0 saturated carbocycles. The number of fused-ring (bicyclic) bond motifs is 1. The van der Waals surface area contributed by atoms with Crippen molar-refractivity contribution in [1.82, 2.24) is 5.48 Å². The maximum Gasteiger partial charge on any atom is 0.270 e. The first-order valence-corrected chi connectivity index (χ1v) is 16.3. The van der Waals surface area contributed by atoms with Crippen LogP contribution in [0.2, 0.25) is 0 Å². The van der Waals surface area contributed by atoms with Gasteiger partial charge in [-0.2, -0.15) is 0 Å². The normalized spacial score (nSPS) is 11.0. The van der Waals surface area contributed by atoms with Crippen molar-refractivity contribution >= 4 is 33.9 Å². The highest BCUT2D eigenvalue weighted by atomic mass is 16.6. The topological polar surface area (TPSA) is 195 Å². The molecule has 1 aromatic heterocycles. The SMILES string of the molecule is CCCCC(=CC(=O)c1ccc(O)cc1)NOc1ccc([N+](=O)[O-])cc1.CCCCc1oc2ccc([N+](=O)[O-])cc2c1C(=O)c1ccc(O)cc1. The van der Waals surface area contributed by atoms with Gasteiger partial charge in [-0.25, -0.2) is 5.48 Å². The Balaban J connectivity index is 0.000000229. The zero-order chi connectivity index (χ0) is 36.9. The number of carbonyl (C=O) groups excluding carboxylic acids is 2. The Bertz CT molecular complexity index is 2020. The summed E-state index contributed by atoms with van der Waals surface area (Å²) in [6.45, 7) is 4.07. The summed E-state index contributed by atoms with van der Waals surface area (Å²) < 4.78 is 5.81. The highest BCUT2D eigenvalue weighted by Gasteiger charge is 2.23. The van der Waals surface area contributed by atoms with Crippen LogP contribution in [0.15, 0.2) is 107 Å². The molecule has 0 aliphatic heterocycles. The number of rotatable bonds is 15. The van der Waals surface area contributed by atoms with Crippen LogP contribution in [-0.2, 0) is 6.42 Å². The largest absolute Gasteiger partial charge is 0.508 e. The summed E-state index contributed by atoms with van der Waals surface area (Å²) in [5, 5.41) is 40.9. The number of aryl methyl sites for hydroxylation is 1. The molecule has 5 rings (SSSR count). The number of phenolic OH excluding ortho intramolecular Hbond substituents is 2. The molecule has 0 fully saturated rings. The Morgan fingerprint density at radius 2 is 1.35 bits per heavy atom. The van der Waals surface area contributed by atoms with Crippen LogP contribution in [0.5, 0.6) is 17.2 Å². The summed E-state index contributed by atoms with van der Waals surface area (Å²) in [4.78, 5) is 51.5. The molecule has 1 heterocycles. The number of hydrogen-bond donors (Lipinski definition) is 3. The second-order valence-corrected chi connectivity index (χ2v) is 11.5. The van der Waals surface area contributed by atoms with E-state index in [0.717, 1.165) is 25.7 Å². The maximum atomic E-state index is 13.0. The molecule has 13 heteroatoms. The third-order valence-electron chi connectivity index (χ3n) is 7.67. The summed E-state index contributed by atoms with van der Waals surface area (Å²) in [6, 6.07) is 21.8. The molecular formula is C38H37N3O10. The van der Waals surface area contributed by atoms with E-state index in [4.69, 9.17) is 9.25 Å². The zero-order valence-electron chi connectivity index (χ0n) is 28.0. The average molecular weight is 696 g/mol. The first-order valence-electron chi connectivity index (χ1n) is 16.3. The molecule has 0 radical (unpaired) electrons. The molecule has 0 aliphatic carbocycles. The minimum Gasteiger partial charge on any atom is -0.508 e. The van der Waals surface area contributed by atoms with E-state index >= 15 is 0 Å². The first kappa shape index (κ1) is 37.3. The molecule has 0 spiro atoms. The first-order chi connectivity index (χ1) is 24.5. The van der Waals surface area contributed by atoms with Crippen LogP contribution < -0.4 is 10.3 Å². The Kier molecular flexibility index (Phi) is 13.0. The number of non-ortho nitro benzene ring substituents is 2. The van der Waals surface area contributed by atoms with E-state index in [-0.39, 0.29) is 34.4 Å². The Morgan fingerprint density at radius 1 is 0.784 bits per heavy atom. The molecule has 5 aromatic rings. The molecule has 0 unspecified atom stereocenters. The van der Waals surface area contributed by atoms with Crippen LogP contribution in [0.3, 0.4) is 0 Å². The van der Waals surface area contributed by atoms with Gasteiger partial charge in [-0.3, -0.25) is 29.8 Å². The van der Waals surface area contributed by atoms with Gasteiger partial charge in [0.05, 0.1) is 21.1 Å². The second kappa shape index (κ2) is 17.8. The molecule has 0 aliphatic rings. The van der Waals surface area contributed by atoms with Crippen LogP contribution in [0, 0.1) is 20.2 Å². The van der Waals surface area contributed by atoms with Gasteiger partial charge < -0.3 is 19.5 Å². The number of aromatic hydroxyl groups is 2. The fraction of sp³-hybridized carbons (Fsp3) is 0.211. The summed E-state index contributed by atoms with van der Waals surface area (Å²) in [6.07, 6.45) is 6.25. The van der Waals surface area contributed by atoms with Crippen LogP contribution in [0.1, 0.15) is 78.0 Å². The number of unbranched alkanes of at least 4 members (excludes halogenated alkanes) is 2. The number of allylic oxidation sites excluding steroid dienone is 2. The van der Waals surface area contributed by atoms with E-state index < -0.39 is 9.85 Å². The zero-order valence-corrected chi connectivity index (χ0v) is 28.0. The predicted octanol–water partition coefficient (Wildman–Crippen LogP) is 8.76. The molecule has 0 bridgehead atoms. The highest BCUT2D eigenvalue weighted by Crippen LogP contribution is 2.32. The summed E-state index contributed by atoms with van der Waals surface area (Å²) >= 11 is 0. The van der Waals surface area contributed by atoms with Crippen molar-refractivity contribution < 1.29 is 38.9 Å². The number of nitrogens with zero attached hydrogens (tertiary/aromatic N) is 2. The van der Waals surface area contributed by atoms with Crippen LogP contribution in [0.4, 0.5) is 11.4 Å². The van der Waals surface area contributed by atoms with E-state index in [0.29, 0.717) is 57.7 Å². The molecule has 0 saturated heterocycles. The number of nitro benzene ring substituents is 2. The van der Waals surface area contributed by atoms with Gasteiger partial charge in [0, 0.05) is 53.3 Å². The maximum absolute atomic E-state index is 13.0. The van der Waals surface area contributed by atoms with Gasteiger partial charge in [0.2, 0.25) is 0 Å². The fourth-order valence-electron chi connectivity index (χ4n) is 4.92. The predicted molar refractivity (Wildman–Crippen MR) is 190 cm³/mol. The number of hydroxylamine groups is 1. The minimum absolute atomic E-state index is 0.0263. The number of benzene rings is 4. The van der Waals surface area contributed by atoms with Crippen LogP contribution >= 0.6 is 0 Å². The second-order valence-electron chi connectivity index (χ2n) is 11.5. The van der Waals surface area contributed by atoms with Gasteiger partial charge >= 0.3 is 0 Å². The monoisotopic (exact) mass is 695 g/mol. The molecule has 13 nitrogen and oxygen atoms in total. The van der Waals surface area contributed by atoms with Gasteiger partial charge in [-0.05, 0) is 86.0 Å². The number of nitro groups is 2. The number of furan rings is 1.